The van der Waals surface area contributed by atoms with Crippen LogP contribution >= 0.6 is 0 Å². The first-order valence-corrected chi connectivity index (χ1v) is 9.40. The molecule has 0 aliphatic carbocycles. The van der Waals surface area contributed by atoms with Gasteiger partial charge in [-0.25, -0.2) is 9.13 Å². The smallest absolute Gasteiger partial charge is 0.266 e. The highest BCUT2D eigenvalue weighted by Crippen LogP contribution is 2.17. The van der Waals surface area contributed by atoms with Crippen LogP contribution in [-0.4, -0.2) is 9.13 Å². The summed E-state index contributed by atoms with van der Waals surface area (Å²) in [5.41, 5.74) is -1.14. The number of hydrogen-bond acceptors (Lipinski definition) is 6. The zero-order valence-corrected chi connectivity index (χ0v) is 16.2. The zero-order valence-electron chi connectivity index (χ0n) is 16.2. The molecule has 0 fully saturated rings. The fraction of sp³-hybridized carbons (Fsp3) is 0. The number of nitriles is 2. The molecule has 0 aliphatic heterocycles. The summed E-state index contributed by atoms with van der Waals surface area (Å²) in [6.45, 7) is 0. The number of nitrogens with zero attached hydrogens (tertiary/aromatic N) is 4. The summed E-state index contributed by atoms with van der Waals surface area (Å²) in [4.78, 5) is 51.9. The summed E-state index contributed by atoms with van der Waals surface area (Å²) >= 11 is 0. The lowest BCUT2D eigenvalue weighted by Gasteiger charge is -1.99. The van der Waals surface area contributed by atoms with Crippen molar-refractivity contribution in [3.63, 3.8) is 0 Å². The van der Waals surface area contributed by atoms with E-state index >= 15 is 0 Å². The largest absolute Gasteiger partial charge is 0.268 e. The summed E-state index contributed by atoms with van der Waals surface area (Å²) in [7, 11) is 0. The lowest BCUT2D eigenvalue weighted by molar-refractivity contribution is 0.987. The van der Waals surface area contributed by atoms with Crippen LogP contribution in [0.4, 0.5) is 0 Å². The summed E-state index contributed by atoms with van der Waals surface area (Å²) in [5, 5.41) is 18.0. The molecule has 5 aromatic rings. The first kappa shape index (κ1) is 18.9. The highest BCUT2D eigenvalue weighted by Gasteiger charge is 2.20. The molecule has 0 unspecified atom stereocenters. The second-order valence-corrected chi connectivity index (χ2v) is 7.15. The topological polar surface area (TPSA) is 126 Å². The number of fused-ring (bicyclic) bond motifs is 2. The van der Waals surface area contributed by atoms with Crippen LogP contribution in [0.3, 0.4) is 0 Å². The molecule has 5 rings (SSSR count). The number of hydrogen-bond donors (Lipinski definition) is 0. The van der Waals surface area contributed by atoms with Crippen molar-refractivity contribution in [3.8, 4) is 23.5 Å². The molecule has 0 radical (unpaired) electrons. The van der Waals surface area contributed by atoms with Crippen LogP contribution in [-0.2, 0) is 0 Å². The van der Waals surface area contributed by atoms with E-state index in [-0.39, 0.29) is 32.9 Å². The first-order valence-electron chi connectivity index (χ1n) is 9.40. The van der Waals surface area contributed by atoms with Gasteiger partial charge in [-0.2, -0.15) is 10.5 Å². The third-order valence-corrected chi connectivity index (χ3v) is 5.40. The Hall–Kier alpha value is -5.08. The van der Waals surface area contributed by atoms with Crippen molar-refractivity contribution in [2.75, 3.05) is 0 Å². The molecule has 3 aromatic carbocycles. The molecule has 150 valence electrons. The van der Waals surface area contributed by atoms with Gasteiger partial charge in [0.25, 0.3) is 22.2 Å². The minimum absolute atomic E-state index is 0.0286. The van der Waals surface area contributed by atoms with Gasteiger partial charge in [0.05, 0.1) is 56.2 Å². The molecule has 0 atom stereocenters. The van der Waals surface area contributed by atoms with Crippen LogP contribution in [0.25, 0.3) is 32.9 Å². The van der Waals surface area contributed by atoms with Crippen LogP contribution in [0.2, 0.25) is 0 Å². The molecule has 0 saturated heterocycles. The average molecular weight is 418 g/mol. The predicted molar refractivity (Wildman–Crippen MR) is 117 cm³/mol. The highest BCUT2D eigenvalue weighted by atomic mass is 16.2. The zero-order chi connectivity index (χ0) is 22.6. The van der Waals surface area contributed by atoms with Crippen LogP contribution in [0.5, 0.6) is 0 Å². The Labute approximate surface area is 178 Å². The fourth-order valence-corrected chi connectivity index (χ4v) is 3.81. The van der Waals surface area contributed by atoms with E-state index in [4.69, 9.17) is 10.5 Å². The summed E-state index contributed by atoms with van der Waals surface area (Å²) in [6.07, 6.45) is 0. The number of benzene rings is 3. The second kappa shape index (κ2) is 6.73. The van der Waals surface area contributed by atoms with Crippen molar-refractivity contribution >= 4 is 21.5 Å². The maximum absolute atomic E-state index is 13.0. The van der Waals surface area contributed by atoms with E-state index < -0.39 is 22.2 Å². The Morgan fingerprint density at radius 1 is 0.500 bits per heavy atom. The molecule has 8 heteroatoms. The molecule has 0 spiro atoms. The van der Waals surface area contributed by atoms with E-state index in [1.54, 1.807) is 0 Å². The third kappa shape index (κ3) is 2.54. The van der Waals surface area contributed by atoms with Gasteiger partial charge in [0, 0.05) is 0 Å². The normalized spacial score (nSPS) is 10.9. The Balaban J connectivity index is 1.78. The molecule has 2 heterocycles. The van der Waals surface area contributed by atoms with Crippen LogP contribution in [0.15, 0.2) is 79.8 Å². The van der Waals surface area contributed by atoms with Gasteiger partial charge >= 0.3 is 0 Å². The van der Waals surface area contributed by atoms with Crippen molar-refractivity contribution < 1.29 is 0 Å². The molecule has 0 amide bonds. The third-order valence-electron chi connectivity index (χ3n) is 5.40. The van der Waals surface area contributed by atoms with Crippen LogP contribution < -0.4 is 22.2 Å². The molecular formula is C24H10N4O4. The molecule has 0 bridgehead atoms. The van der Waals surface area contributed by atoms with Crippen molar-refractivity contribution in [2.24, 2.45) is 0 Å². The quantitative estimate of drug-likeness (QED) is 0.429. The molecule has 0 saturated carbocycles. The van der Waals surface area contributed by atoms with E-state index in [1.165, 1.54) is 60.7 Å². The fourth-order valence-electron chi connectivity index (χ4n) is 3.81. The van der Waals surface area contributed by atoms with Crippen molar-refractivity contribution in [1.82, 2.24) is 9.13 Å². The van der Waals surface area contributed by atoms with E-state index in [0.29, 0.717) is 11.1 Å². The first-order chi connectivity index (χ1) is 15.4. The maximum atomic E-state index is 13.0. The SMILES string of the molecule is N#Cc1ccc(-n2c(=O)c3cc4c(=O)n(-c5ccc(C#N)cc5)c(=O)c4cc3c2=O)cc1. The van der Waals surface area contributed by atoms with Gasteiger partial charge in [-0.05, 0) is 60.7 Å². The van der Waals surface area contributed by atoms with Crippen molar-refractivity contribution in [2.45, 2.75) is 0 Å². The lowest BCUT2D eigenvalue weighted by Crippen LogP contribution is -2.24. The molecule has 0 N–H and O–H groups in total. The van der Waals surface area contributed by atoms with Gasteiger partial charge in [0.15, 0.2) is 0 Å². The Bertz CT molecular complexity index is 1640. The molecule has 0 aliphatic rings. The van der Waals surface area contributed by atoms with Crippen LogP contribution in [0, 0.1) is 22.7 Å². The van der Waals surface area contributed by atoms with Gasteiger partial charge in [-0.3, -0.25) is 19.2 Å². The van der Waals surface area contributed by atoms with Gasteiger partial charge in [-0.15, -0.1) is 0 Å². The maximum Gasteiger partial charge on any atom is 0.266 e. The highest BCUT2D eigenvalue weighted by molar-refractivity contribution is 5.98. The average Bonchev–Trinajstić information content (AvgIpc) is 3.22. The van der Waals surface area contributed by atoms with Gasteiger partial charge in [0.2, 0.25) is 0 Å². The van der Waals surface area contributed by atoms with E-state index in [9.17, 15) is 19.2 Å². The number of aromatic nitrogens is 2. The van der Waals surface area contributed by atoms with Gasteiger partial charge in [0.1, 0.15) is 0 Å². The minimum Gasteiger partial charge on any atom is -0.268 e. The van der Waals surface area contributed by atoms with E-state index in [0.717, 1.165) is 9.13 Å². The van der Waals surface area contributed by atoms with Gasteiger partial charge < -0.3 is 0 Å². The Morgan fingerprint density at radius 2 is 0.781 bits per heavy atom. The molecule has 32 heavy (non-hydrogen) atoms. The summed E-state index contributed by atoms with van der Waals surface area (Å²) < 4.78 is 1.91. The van der Waals surface area contributed by atoms with Crippen LogP contribution in [0.1, 0.15) is 11.1 Å². The molecule has 2 aromatic heterocycles. The van der Waals surface area contributed by atoms with E-state index in [2.05, 4.69) is 0 Å². The standard InChI is InChI=1S/C24H10N4O4/c25-11-13-1-5-15(6-2-13)27-21(29)17-9-19-20(10-18(17)22(27)30)24(32)28(23(19)31)16-7-3-14(12-26)4-8-16/h1-10H. The predicted octanol–water partition coefficient (Wildman–Crippen LogP) is 1.63. The van der Waals surface area contributed by atoms with Gasteiger partial charge in [-0.1, -0.05) is 0 Å². The number of rotatable bonds is 2. The Morgan fingerprint density at radius 3 is 1.03 bits per heavy atom. The van der Waals surface area contributed by atoms with Crippen molar-refractivity contribution in [1.29, 1.82) is 10.5 Å². The monoisotopic (exact) mass is 418 g/mol. The Kier molecular flexibility index (Phi) is 3.98. The summed E-state index contributed by atoms with van der Waals surface area (Å²) in [5.74, 6) is 0. The van der Waals surface area contributed by atoms with Crippen molar-refractivity contribution in [3.05, 3.63) is 113 Å². The molecule has 8 nitrogen and oxygen atoms in total. The summed E-state index contributed by atoms with van der Waals surface area (Å²) in [6, 6.07) is 18.4. The second-order valence-electron chi connectivity index (χ2n) is 7.15. The molecular weight excluding hydrogens is 408 g/mol. The minimum atomic E-state index is -0.616. The lowest BCUT2D eigenvalue weighted by atomic mass is 10.1. The van der Waals surface area contributed by atoms with E-state index in [1.807, 2.05) is 12.1 Å².